The van der Waals surface area contributed by atoms with Gasteiger partial charge in [0.15, 0.2) is 5.78 Å². The third-order valence-corrected chi connectivity index (χ3v) is 8.69. The molecule has 1 N–H and O–H groups in total. The Labute approximate surface area is 152 Å². The van der Waals surface area contributed by atoms with Gasteiger partial charge in [-0.2, -0.15) is 0 Å². The zero-order valence-electron chi connectivity index (χ0n) is 16.4. The number of carbonyl (C=O) groups is 1. The van der Waals surface area contributed by atoms with Gasteiger partial charge in [0.05, 0.1) is 6.10 Å². The summed E-state index contributed by atoms with van der Waals surface area (Å²) >= 11 is 0. The minimum atomic E-state index is -0.125. The van der Waals surface area contributed by atoms with Gasteiger partial charge < -0.3 is 10.0 Å². The van der Waals surface area contributed by atoms with Gasteiger partial charge in [-0.25, -0.2) is 0 Å². The van der Waals surface area contributed by atoms with Crippen molar-refractivity contribution < 1.29 is 9.90 Å². The van der Waals surface area contributed by atoms with Crippen LogP contribution < -0.4 is 0 Å². The summed E-state index contributed by atoms with van der Waals surface area (Å²) in [5.74, 6) is 3.11. The van der Waals surface area contributed by atoms with Crippen molar-refractivity contribution >= 4 is 5.78 Å². The average Bonchev–Trinajstić information content (AvgIpc) is 2.79. The fourth-order valence-corrected chi connectivity index (χ4v) is 7.33. The molecular formula is C22H35NO2. The summed E-state index contributed by atoms with van der Waals surface area (Å²) in [5, 5.41) is 10.1. The first-order chi connectivity index (χ1) is 11.8. The Kier molecular flexibility index (Phi) is 4.10. The van der Waals surface area contributed by atoms with E-state index in [0.717, 1.165) is 37.2 Å². The molecule has 7 atom stereocenters. The van der Waals surface area contributed by atoms with Gasteiger partial charge in [0.2, 0.25) is 0 Å². The first-order valence-electron chi connectivity index (χ1n) is 10.4. The number of ketones is 1. The van der Waals surface area contributed by atoms with Crippen LogP contribution in [0.2, 0.25) is 0 Å². The smallest absolute Gasteiger partial charge is 0.166 e. The van der Waals surface area contributed by atoms with E-state index in [0.29, 0.717) is 29.0 Å². The SMILES string of the molecule is CN(C)C=C1CC2C3CCC4CC(O)CCC4(C)C3CCC2(C)C1=O. The first kappa shape index (κ1) is 17.6. The molecule has 0 saturated heterocycles. The molecule has 140 valence electrons. The van der Waals surface area contributed by atoms with Crippen LogP contribution in [0.25, 0.3) is 0 Å². The third kappa shape index (κ3) is 2.52. The number of aliphatic hydroxyl groups excluding tert-OH is 1. The van der Waals surface area contributed by atoms with Crippen LogP contribution >= 0.6 is 0 Å². The molecule has 3 heteroatoms. The number of hydrogen-bond donors (Lipinski definition) is 1. The van der Waals surface area contributed by atoms with Crippen molar-refractivity contribution in [1.29, 1.82) is 0 Å². The molecule has 0 bridgehead atoms. The Morgan fingerprint density at radius 2 is 1.84 bits per heavy atom. The zero-order valence-corrected chi connectivity index (χ0v) is 16.4. The maximum atomic E-state index is 13.1. The molecular weight excluding hydrogens is 310 g/mol. The molecule has 3 nitrogen and oxygen atoms in total. The Bertz CT molecular complexity index is 597. The van der Waals surface area contributed by atoms with E-state index in [4.69, 9.17) is 0 Å². The second-order valence-corrected chi connectivity index (χ2v) is 10.2. The molecule has 0 amide bonds. The molecule has 0 aromatic carbocycles. The predicted molar refractivity (Wildman–Crippen MR) is 99.9 cm³/mol. The van der Waals surface area contributed by atoms with E-state index in [2.05, 4.69) is 20.0 Å². The molecule has 4 aliphatic rings. The number of nitrogens with zero attached hydrogens (tertiary/aromatic N) is 1. The van der Waals surface area contributed by atoms with Gasteiger partial charge in [-0.05, 0) is 80.5 Å². The van der Waals surface area contributed by atoms with Crippen molar-refractivity contribution in [3.63, 3.8) is 0 Å². The highest BCUT2D eigenvalue weighted by Crippen LogP contribution is 2.66. The summed E-state index contributed by atoms with van der Waals surface area (Å²) in [6, 6.07) is 0. The molecule has 4 saturated carbocycles. The topological polar surface area (TPSA) is 40.5 Å². The largest absolute Gasteiger partial charge is 0.393 e. The van der Waals surface area contributed by atoms with Crippen molar-refractivity contribution in [1.82, 2.24) is 4.90 Å². The Balaban J connectivity index is 1.64. The molecule has 4 fully saturated rings. The number of fused-ring (bicyclic) bond motifs is 5. The molecule has 0 aliphatic heterocycles. The summed E-state index contributed by atoms with van der Waals surface area (Å²) in [4.78, 5) is 15.2. The molecule has 7 unspecified atom stereocenters. The molecule has 0 aromatic rings. The minimum absolute atomic E-state index is 0.0776. The minimum Gasteiger partial charge on any atom is -0.393 e. The van der Waals surface area contributed by atoms with Crippen LogP contribution in [0.3, 0.4) is 0 Å². The summed E-state index contributed by atoms with van der Waals surface area (Å²) in [7, 11) is 4.04. The second kappa shape index (κ2) is 5.84. The fraction of sp³-hybridized carbons (Fsp3) is 0.864. The van der Waals surface area contributed by atoms with Crippen molar-refractivity contribution in [2.75, 3.05) is 14.1 Å². The van der Waals surface area contributed by atoms with Crippen LogP contribution in [-0.2, 0) is 4.79 Å². The van der Waals surface area contributed by atoms with Gasteiger partial charge in [0.25, 0.3) is 0 Å². The third-order valence-electron chi connectivity index (χ3n) is 8.69. The summed E-state index contributed by atoms with van der Waals surface area (Å²) in [6.07, 6.45) is 10.9. The number of Topliss-reactive ketones (excluding diaryl/α,β-unsaturated/α-hetero) is 1. The van der Waals surface area contributed by atoms with Crippen molar-refractivity contribution in [2.24, 2.45) is 34.5 Å². The normalized spacial score (nSPS) is 51.0. The molecule has 0 heterocycles. The van der Waals surface area contributed by atoms with E-state index in [9.17, 15) is 9.90 Å². The van der Waals surface area contributed by atoms with Crippen molar-refractivity contribution in [2.45, 2.75) is 71.3 Å². The molecule has 0 aromatic heterocycles. The lowest BCUT2D eigenvalue weighted by Crippen LogP contribution is -2.54. The van der Waals surface area contributed by atoms with E-state index in [-0.39, 0.29) is 11.5 Å². The maximum Gasteiger partial charge on any atom is 0.166 e. The number of rotatable bonds is 1. The molecule has 4 aliphatic carbocycles. The summed E-state index contributed by atoms with van der Waals surface area (Å²) in [6.45, 7) is 4.77. The highest BCUT2D eigenvalue weighted by Gasteiger charge is 2.61. The van der Waals surface area contributed by atoms with E-state index in [1.165, 1.54) is 25.7 Å². The van der Waals surface area contributed by atoms with Crippen LogP contribution in [0.4, 0.5) is 0 Å². The highest BCUT2D eigenvalue weighted by atomic mass is 16.3. The van der Waals surface area contributed by atoms with Crippen LogP contribution in [-0.4, -0.2) is 36.0 Å². The van der Waals surface area contributed by atoms with Gasteiger partial charge in [-0.15, -0.1) is 0 Å². The fourth-order valence-electron chi connectivity index (χ4n) is 7.33. The number of hydrogen-bond acceptors (Lipinski definition) is 3. The van der Waals surface area contributed by atoms with Crippen LogP contribution in [0.1, 0.15) is 65.2 Å². The summed E-state index contributed by atoms with van der Waals surface area (Å²) < 4.78 is 0. The van der Waals surface area contributed by atoms with Gasteiger partial charge in [0.1, 0.15) is 0 Å². The van der Waals surface area contributed by atoms with Crippen LogP contribution in [0, 0.1) is 34.5 Å². The zero-order chi connectivity index (χ0) is 18.0. The van der Waals surface area contributed by atoms with E-state index in [1.807, 2.05) is 19.0 Å². The molecule has 0 radical (unpaired) electrons. The Morgan fingerprint density at radius 1 is 1.08 bits per heavy atom. The lowest BCUT2D eigenvalue weighted by Gasteiger charge is -2.59. The Hall–Kier alpha value is -0.830. The van der Waals surface area contributed by atoms with Crippen molar-refractivity contribution in [3.05, 3.63) is 11.8 Å². The van der Waals surface area contributed by atoms with E-state index >= 15 is 0 Å². The predicted octanol–water partition coefficient (Wildman–Crippen LogP) is 4.01. The van der Waals surface area contributed by atoms with Gasteiger partial charge in [-0.1, -0.05) is 13.8 Å². The number of carbonyl (C=O) groups excluding carboxylic acids is 1. The van der Waals surface area contributed by atoms with E-state index in [1.54, 1.807) is 0 Å². The lowest BCUT2D eigenvalue weighted by molar-refractivity contribution is -0.141. The molecule has 0 spiro atoms. The molecule has 4 rings (SSSR count). The van der Waals surface area contributed by atoms with Gasteiger partial charge in [-0.3, -0.25) is 4.79 Å². The highest BCUT2D eigenvalue weighted by molar-refractivity contribution is 6.02. The van der Waals surface area contributed by atoms with Gasteiger partial charge in [0, 0.05) is 31.3 Å². The first-order valence-corrected chi connectivity index (χ1v) is 10.4. The standard InChI is InChI=1S/C22H35NO2/c1-21-9-7-16(24)12-15(21)5-6-17-18(21)8-10-22(2)19(17)11-14(20(22)25)13-23(3)4/h13,15-19,24H,5-12H2,1-4H3. The second-order valence-electron chi connectivity index (χ2n) is 10.2. The number of allylic oxidation sites excluding steroid dienone is 1. The number of aliphatic hydroxyl groups is 1. The quantitative estimate of drug-likeness (QED) is 0.730. The Morgan fingerprint density at radius 3 is 2.56 bits per heavy atom. The monoisotopic (exact) mass is 345 g/mol. The molecule has 25 heavy (non-hydrogen) atoms. The van der Waals surface area contributed by atoms with Crippen molar-refractivity contribution in [3.8, 4) is 0 Å². The maximum absolute atomic E-state index is 13.1. The lowest BCUT2D eigenvalue weighted by atomic mass is 9.45. The average molecular weight is 346 g/mol. The van der Waals surface area contributed by atoms with E-state index < -0.39 is 0 Å². The van der Waals surface area contributed by atoms with Gasteiger partial charge >= 0.3 is 0 Å². The van der Waals surface area contributed by atoms with Crippen LogP contribution in [0.15, 0.2) is 11.8 Å². The van der Waals surface area contributed by atoms with Crippen LogP contribution in [0.5, 0.6) is 0 Å². The summed E-state index contributed by atoms with van der Waals surface area (Å²) in [5.41, 5.74) is 1.32.